The van der Waals surface area contributed by atoms with Crippen molar-refractivity contribution in [2.75, 3.05) is 19.7 Å². The number of aryl methyl sites for hydroxylation is 1. The van der Waals surface area contributed by atoms with Gasteiger partial charge in [-0.2, -0.15) is 9.61 Å². The molecule has 3 aromatic rings. The average Bonchev–Trinajstić information content (AvgIpc) is 3.03. The van der Waals surface area contributed by atoms with Crippen LogP contribution in [0.15, 0.2) is 53.5 Å². The van der Waals surface area contributed by atoms with E-state index in [2.05, 4.69) is 38.8 Å². The molecule has 26 heavy (non-hydrogen) atoms. The van der Waals surface area contributed by atoms with Gasteiger partial charge in [0.15, 0.2) is 0 Å². The first kappa shape index (κ1) is 17.0. The van der Waals surface area contributed by atoms with Gasteiger partial charge in [-0.3, -0.25) is 9.69 Å². The summed E-state index contributed by atoms with van der Waals surface area (Å²) in [5.41, 5.74) is 2.99. The molecule has 2 aromatic heterocycles. The highest BCUT2D eigenvalue weighted by Gasteiger charge is 2.21. The Morgan fingerprint density at radius 2 is 2.08 bits per heavy atom. The molecule has 1 aliphatic rings. The molecule has 6 nitrogen and oxygen atoms in total. The number of ether oxygens (including phenoxy) is 1. The second-order valence-electron chi connectivity index (χ2n) is 6.90. The topological polar surface area (TPSA) is 51.8 Å². The lowest BCUT2D eigenvalue weighted by atomic mass is 10.2. The van der Waals surface area contributed by atoms with Gasteiger partial charge < -0.3 is 9.30 Å². The highest BCUT2D eigenvalue weighted by molar-refractivity contribution is 5.39. The van der Waals surface area contributed by atoms with Crippen molar-refractivity contribution in [1.82, 2.24) is 19.1 Å². The van der Waals surface area contributed by atoms with Crippen molar-refractivity contribution in [1.29, 1.82) is 0 Å². The fourth-order valence-corrected chi connectivity index (χ4v) is 3.68. The second-order valence-corrected chi connectivity index (χ2v) is 6.90. The van der Waals surface area contributed by atoms with Crippen molar-refractivity contribution in [2.24, 2.45) is 0 Å². The summed E-state index contributed by atoms with van der Waals surface area (Å²) >= 11 is 0. The lowest BCUT2D eigenvalue weighted by Gasteiger charge is -2.25. The van der Waals surface area contributed by atoms with Crippen LogP contribution in [0.2, 0.25) is 0 Å². The van der Waals surface area contributed by atoms with E-state index in [9.17, 15) is 4.79 Å². The third kappa shape index (κ3) is 3.57. The fourth-order valence-electron chi connectivity index (χ4n) is 3.68. The summed E-state index contributed by atoms with van der Waals surface area (Å²) in [5, 5.41) is 4.13. The van der Waals surface area contributed by atoms with E-state index in [1.54, 1.807) is 12.3 Å². The van der Waals surface area contributed by atoms with Crippen LogP contribution in [0.1, 0.15) is 17.7 Å². The minimum absolute atomic E-state index is 0.0844. The molecule has 136 valence electrons. The number of hydrogen-bond acceptors (Lipinski definition) is 4. The van der Waals surface area contributed by atoms with Gasteiger partial charge in [-0.15, -0.1) is 0 Å². The number of rotatable bonds is 4. The predicted octanol–water partition coefficient (Wildman–Crippen LogP) is 2.10. The molecule has 4 rings (SSSR count). The number of benzene rings is 1. The Labute approximate surface area is 152 Å². The molecule has 1 aromatic carbocycles. The Kier molecular flexibility index (Phi) is 4.86. The molecule has 3 heterocycles. The lowest BCUT2D eigenvalue weighted by Crippen LogP contribution is -2.35. The van der Waals surface area contributed by atoms with Crippen molar-refractivity contribution >= 4 is 5.65 Å². The van der Waals surface area contributed by atoms with Crippen LogP contribution in [0.4, 0.5) is 0 Å². The maximum atomic E-state index is 12.1. The molecule has 0 saturated carbocycles. The Morgan fingerprint density at radius 3 is 2.92 bits per heavy atom. The minimum atomic E-state index is -0.0914. The third-order valence-electron chi connectivity index (χ3n) is 4.94. The zero-order chi connectivity index (χ0) is 17.9. The maximum absolute atomic E-state index is 12.1. The summed E-state index contributed by atoms with van der Waals surface area (Å²) < 4.78 is 9.70. The molecular weight excluding hydrogens is 328 g/mol. The quantitative estimate of drug-likeness (QED) is 0.722. The first-order chi connectivity index (χ1) is 12.7. The summed E-state index contributed by atoms with van der Waals surface area (Å²) in [6.07, 6.45) is 2.79. The molecular formula is C20H24N4O2. The minimum Gasteiger partial charge on any atom is -0.375 e. The second kappa shape index (κ2) is 7.43. The Bertz CT molecular complexity index is 932. The number of nitrogens with zero attached hydrogens (tertiary/aromatic N) is 4. The Morgan fingerprint density at radius 1 is 1.23 bits per heavy atom. The highest BCUT2D eigenvalue weighted by Crippen LogP contribution is 2.14. The molecule has 1 saturated heterocycles. The average molecular weight is 352 g/mol. The Balaban J connectivity index is 1.54. The van der Waals surface area contributed by atoms with Gasteiger partial charge >= 0.3 is 0 Å². The molecule has 0 bridgehead atoms. The summed E-state index contributed by atoms with van der Waals surface area (Å²) in [4.78, 5) is 14.5. The standard InChI is InChI=1S/C20H24N4O2/c1-16-12-20(25)24-19(8-9-21-24)23(16)15-18-14-22(10-5-11-26-18)13-17-6-3-2-4-7-17/h2-4,6-9,12,18H,5,10-11,13-15H2,1H3. The van der Waals surface area contributed by atoms with Crippen molar-refractivity contribution < 1.29 is 4.74 Å². The predicted molar refractivity (Wildman–Crippen MR) is 100 cm³/mol. The van der Waals surface area contributed by atoms with Gasteiger partial charge in [-0.05, 0) is 18.9 Å². The van der Waals surface area contributed by atoms with Crippen LogP contribution in [0.5, 0.6) is 0 Å². The SMILES string of the molecule is Cc1cc(=O)n2nccc2n1CC1CN(Cc2ccccc2)CCCO1. The normalized spacial score (nSPS) is 18.9. The molecule has 0 N–H and O–H groups in total. The summed E-state index contributed by atoms with van der Waals surface area (Å²) in [7, 11) is 0. The maximum Gasteiger partial charge on any atom is 0.274 e. The lowest BCUT2D eigenvalue weighted by molar-refractivity contribution is 0.0416. The molecule has 1 aliphatic heterocycles. The first-order valence-electron chi connectivity index (χ1n) is 9.13. The smallest absolute Gasteiger partial charge is 0.274 e. The molecule has 0 aliphatic carbocycles. The van der Waals surface area contributed by atoms with Gasteiger partial charge in [0.05, 0.1) is 18.8 Å². The van der Waals surface area contributed by atoms with Crippen molar-refractivity contribution in [3.8, 4) is 0 Å². The molecule has 0 radical (unpaired) electrons. The Hall–Kier alpha value is -2.44. The molecule has 0 amide bonds. The van der Waals surface area contributed by atoms with E-state index in [-0.39, 0.29) is 11.7 Å². The van der Waals surface area contributed by atoms with Crippen LogP contribution in [-0.4, -0.2) is 44.9 Å². The summed E-state index contributed by atoms with van der Waals surface area (Å²) in [6, 6.07) is 14.1. The van der Waals surface area contributed by atoms with E-state index in [0.29, 0.717) is 6.54 Å². The first-order valence-corrected chi connectivity index (χ1v) is 9.13. The van der Waals surface area contributed by atoms with Gasteiger partial charge in [-0.25, -0.2) is 0 Å². The van der Waals surface area contributed by atoms with Gasteiger partial charge in [0.1, 0.15) is 5.65 Å². The summed E-state index contributed by atoms with van der Waals surface area (Å²) in [6.45, 7) is 6.30. The van der Waals surface area contributed by atoms with Crippen molar-refractivity contribution in [3.63, 3.8) is 0 Å². The van der Waals surface area contributed by atoms with Crippen LogP contribution in [-0.2, 0) is 17.8 Å². The zero-order valence-corrected chi connectivity index (χ0v) is 15.0. The van der Waals surface area contributed by atoms with Gasteiger partial charge in [0, 0.05) is 44.1 Å². The monoisotopic (exact) mass is 352 g/mol. The van der Waals surface area contributed by atoms with Crippen molar-refractivity contribution in [3.05, 3.63) is 70.3 Å². The van der Waals surface area contributed by atoms with Crippen molar-refractivity contribution in [2.45, 2.75) is 32.5 Å². The van der Waals surface area contributed by atoms with E-state index in [1.807, 2.05) is 19.1 Å². The van der Waals surface area contributed by atoms with E-state index in [1.165, 1.54) is 10.1 Å². The highest BCUT2D eigenvalue weighted by atomic mass is 16.5. The third-order valence-corrected chi connectivity index (χ3v) is 4.94. The fraction of sp³-hybridized carbons (Fsp3) is 0.400. The largest absolute Gasteiger partial charge is 0.375 e. The van der Waals surface area contributed by atoms with E-state index in [4.69, 9.17) is 4.74 Å². The van der Waals surface area contributed by atoms with Crippen LogP contribution >= 0.6 is 0 Å². The molecule has 1 fully saturated rings. The van der Waals surface area contributed by atoms with Crippen LogP contribution < -0.4 is 5.56 Å². The van der Waals surface area contributed by atoms with Crippen LogP contribution in [0.25, 0.3) is 5.65 Å². The number of fused-ring (bicyclic) bond motifs is 1. The molecule has 1 atom stereocenters. The molecule has 6 heteroatoms. The number of aromatic nitrogens is 3. The molecule has 0 spiro atoms. The van der Waals surface area contributed by atoms with Crippen LogP contribution in [0, 0.1) is 6.92 Å². The zero-order valence-electron chi connectivity index (χ0n) is 15.0. The van der Waals surface area contributed by atoms with Gasteiger partial charge in [0.2, 0.25) is 0 Å². The van der Waals surface area contributed by atoms with Gasteiger partial charge in [-0.1, -0.05) is 30.3 Å². The van der Waals surface area contributed by atoms with E-state index >= 15 is 0 Å². The van der Waals surface area contributed by atoms with E-state index in [0.717, 1.165) is 44.0 Å². The van der Waals surface area contributed by atoms with E-state index < -0.39 is 0 Å². The number of hydrogen-bond donors (Lipinski definition) is 0. The molecule has 1 unspecified atom stereocenters. The summed E-state index contributed by atoms with van der Waals surface area (Å²) in [5.74, 6) is 0. The van der Waals surface area contributed by atoms with Gasteiger partial charge in [0.25, 0.3) is 5.56 Å². The van der Waals surface area contributed by atoms with Crippen LogP contribution in [0.3, 0.4) is 0 Å².